The fourth-order valence-electron chi connectivity index (χ4n) is 5.04. The van der Waals surface area contributed by atoms with E-state index in [9.17, 15) is 9.90 Å². The van der Waals surface area contributed by atoms with Gasteiger partial charge in [-0.1, -0.05) is 18.2 Å². The second kappa shape index (κ2) is 11.3. The van der Waals surface area contributed by atoms with Gasteiger partial charge in [-0.05, 0) is 60.4 Å². The summed E-state index contributed by atoms with van der Waals surface area (Å²) in [6, 6.07) is 9.85. The molecule has 1 aromatic carbocycles. The maximum Gasteiger partial charge on any atom is 0.410 e. The number of fused-ring (bicyclic) bond motifs is 1. The quantitative estimate of drug-likeness (QED) is 0.0965. The van der Waals surface area contributed by atoms with Crippen molar-refractivity contribution in [3.05, 3.63) is 58.2 Å². The summed E-state index contributed by atoms with van der Waals surface area (Å²) in [6.45, 7) is 0.610. The summed E-state index contributed by atoms with van der Waals surface area (Å²) < 4.78 is 15.4. The summed E-state index contributed by atoms with van der Waals surface area (Å²) in [7, 11) is 1.57. The molecule has 1 amide bonds. The lowest BCUT2D eigenvalue weighted by molar-refractivity contribution is -0.0436. The number of amides is 1. The van der Waals surface area contributed by atoms with Gasteiger partial charge in [0.2, 0.25) is 0 Å². The Morgan fingerprint density at radius 1 is 1.23 bits per heavy atom. The van der Waals surface area contributed by atoms with Gasteiger partial charge in [0.05, 0.1) is 40.6 Å². The zero-order valence-corrected chi connectivity index (χ0v) is 23.5. The number of ether oxygens (including phenoxy) is 2. The van der Waals surface area contributed by atoms with Crippen LogP contribution in [0.1, 0.15) is 37.3 Å². The number of halogens is 1. The van der Waals surface area contributed by atoms with Crippen LogP contribution in [0.2, 0.25) is 0 Å². The van der Waals surface area contributed by atoms with Gasteiger partial charge >= 0.3 is 6.09 Å². The van der Waals surface area contributed by atoms with E-state index in [1.165, 1.54) is 0 Å². The van der Waals surface area contributed by atoms with Crippen LogP contribution in [-0.2, 0) is 9.47 Å². The maximum atomic E-state index is 11.3. The van der Waals surface area contributed by atoms with Crippen molar-refractivity contribution in [2.45, 2.75) is 37.2 Å². The third-order valence-electron chi connectivity index (χ3n) is 7.10. The summed E-state index contributed by atoms with van der Waals surface area (Å²) in [5.41, 5.74) is 9.65. The molecule has 39 heavy (non-hydrogen) atoms. The number of carboxylic acid groups (broad SMARTS) is 1. The molecule has 0 saturated heterocycles. The maximum absolute atomic E-state index is 11.3. The average Bonchev–Trinajstić information content (AvgIpc) is 3.59. The SMILES string of the molecule is COCCOC1(C(=N)NC(=O)O)CCC(c2nc3c(-c4cnn(-c5ccccc5)c4)cnn3c(N)c2I)CC1. The van der Waals surface area contributed by atoms with Gasteiger partial charge < -0.3 is 20.3 Å². The second-order valence-corrected chi connectivity index (χ2v) is 10.5. The highest BCUT2D eigenvalue weighted by Gasteiger charge is 2.42. The largest absolute Gasteiger partial charge is 0.465 e. The van der Waals surface area contributed by atoms with Crippen LogP contribution in [0.3, 0.4) is 0 Å². The zero-order chi connectivity index (χ0) is 27.6. The van der Waals surface area contributed by atoms with E-state index in [4.69, 9.17) is 25.6 Å². The third-order valence-corrected chi connectivity index (χ3v) is 8.20. The molecule has 0 aliphatic heterocycles. The summed E-state index contributed by atoms with van der Waals surface area (Å²) >= 11 is 2.21. The molecular weight excluding hydrogens is 615 g/mol. The second-order valence-electron chi connectivity index (χ2n) is 9.41. The molecule has 3 heterocycles. The Bertz CT molecular complexity index is 1490. The Labute approximate surface area is 238 Å². The van der Waals surface area contributed by atoms with Crippen molar-refractivity contribution in [2.24, 2.45) is 0 Å². The van der Waals surface area contributed by atoms with Crippen molar-refractivity contribution < 1.29 is 19.4 Å². The highest BCUT2D eigenvalue weighted by molar-refractivity contribution is 14.1. The van der Waals surface area contributed by atoms with E-state index >= 15 is 0 Å². The average molecular weight is 644 g/mol. The summed E-state index contributed by atoms with van der Waals surface area (Å²) in [6.07, 6.45) is 6.39. The smallest absolute Gasteiger partial charge is 0.410 e. The van der Waals surface area contributed by atoms with Crippen molar-refractivity contribution in [1.29, 1.82) is 5.41 Å². The molecule has 0 unspecified atom stereocenters. The van der Waals surface area contributed by atoms with Crippen LogP contribution in [0.15, 0.2) is 48.9 Å². The van der Waals surface area contributed by atoms with Crippen molar-refractivity contribution in [1.82, 2.24) is 29.7 Å². The zero-order valence-electron chi connectivity index (χ0n) is 21.3. The molecule has 1 saturated carbocycles. The van der Waals surface area contributed by atoms with Crippen LogP contribution >= 0.6 is 22.6 Å². The van der Waals surface area contributed by atoms with Gasteiger partial charge in [-0.25, -0.2) is 14.5 Å². The first-order chi connectivity index (χ1) is 18.8. The highest BCUT2D eigenvalue weighted by Crippen LogP contribution is 2.42. The lowest BCUT2D eigenvalue weighted by Crippen LogP contribution is -2.52. The van der Waals surface area contributed by atoms with Crippen molar-refractivity contribution in [3.63, 3.8) is 0 Å². The number of carbonyl (C=O) groups is 1. The van der Waals surface area contributed by atoms with Crippen molar-refractivity contribution in [2.75, 3.05) is 26.1 Å². The molecule has 1 fully saturated rings. The first-order valence-corrected chi connectivity index (χ1v) is 13.6. The standard InChI is InChI=1S/C26H29IN8O4/c1-38-11-12-39-26(24(29)33-25(36)37)9-7-16(8-10-26)21-20(27)22(28)35-23(32-21)19(14-31-35)17-13-30-34(15-17)18-5-3-2-4-6-18/h2-6,13-16H,7-12,28H2,1H3,(H2,29,33)(H,36,37). The van der Waals surface area contributed by atoms with Gasteiger partial charge in [0.15, 0.2) is 5.65 Å². The fourth-order valence-corrected chi connectivity index (χ4v) is 5.83. The van der Waals surface area contributed by atoms with Gasteiger partial charge in [0.25, 0.3) is 0 Å². The van der Waals surface area contributed by atoms with Crippen molar-refractivity contribution in [3.8, 4) is 16.8 Å². The third kappa shape index (κ3) is 5.33. The number of nitrogens with two attached hydrogens (primary N) is 1. The Balaban J connectivity index is 1.44. The number of amidine groups is 1. The molecule has 0 atom stereocenters. The summed E-state index contributed by atoms with van der Waals surface area (Å²) in [5, 5.41) is 28.8. The minimum absolute atomic E-state index is 0.0516. The number of nitrogens with zero attached hydrogens (tertiary/aromatic N) is 5. The molecule has 3 aromatic heterocycles. The highest BCUT2D eigenvalue weighted by atomic mass is 127. The Kier molecular flexibility index (Phi) is 7.81. The van der Waals surface area contributed by atoms with Crippen LogP contribution in [0, 0.1) is 8.98 Å². The summed E-state index contributed by atoms with van der Waals surface area (Å²) in [5.74, 6) is 0.400. The van der Waals surface area contributed by atoms with E-state index in [-0.39, 0.29) is 18.4 Å². The van der Waals surface area contributed by atoms with Crippen LogP contribution < -0.4 is 11.1 Å². The van der Waals surface area contributed by atoms with Crippen LogP contribution in [0.25, 0.3) is 22.5 Å². The molecule has 0 spiro atoms. The molecule has 204 valence electrons. The molecule has 4 aromatic rings. The molecule has 5 N–H and O–H groups in total. The molecule has 0 radical (unpaired) electrons. The first-order valence-electron chi connectivity index (χ1n) is 12.5. The minimum atomic E-state index is -1.28. The van der Waals surface area contributed by atoms with E-state index in [0.717, 1.165) is 26.1 Å². The predicted octanol–water partition coefficient (Wildman–Crippen LogP) is 4.07. The topological polar surface area (TPSA) is 166 Å². The molecular formula is C26H29IN8O4. The number of hydrogen-bond acceptors (Lipinski definition) is 8. The van der Waals surface area contributed by atoms with Crippen LogP contribution in [0.5, 0.6) is 0 Å². The number of rotatable bonds is 8. The van der Waals surface area contributed by atoms with E-state index in [2.05, 4.69) is 38.1 Å². The monoisotopic (exact) mass is 644 g/mol. The van der Waals surface area contributed by atoms with Gasteiger partial charge in [-0.3, -0.25) is 10.7 Å². The number of benzene rings is 1. The molecule has 12 nitrogen and oxygen atoms in total. The summed E-state index contributed by atoms with van der Waals surface area (Å²) in [4.78, 5) is 16.3. The predicted molar refractivity (Wildman–Crippen MR) is 153 cm³/mol. The Morgan fingerprint density at radius 2 is 1.97 bits per heavy atom. The normalized spacial score (nSPS) is 19.3. The number of aromatic nitrogens is 5. The van der Waals surface area contributed by atoms with E-state index < -0.39 is 11.7 Å². The number of methoxy groups -OCH3 is 1. The van der Waals surface area contributed by atoms with Gasteiger partial charge in [-0.2, -0.15) is 14.7 Å². The van der Waals surface area contributed by atoms with Gasteiger partial charge in [0, 0.05) is 30.4 Å². The van der Waals surface area contributed by atoms with Gasteiger partial charge in [0.1, 0.15) is 17.3 Å². The minimum Gasteiger partial charge on any atom is -0.465 e. The molecule has 1 aliphatic rings. The molecule has 0 bridgehead atoms. The number of para-hydroxylation sites is 1. The Morgan fingerprint density at radius 3 is 2.67 bits per heavy atom. The fraction of sp³-hybridized carbons (Fsp3) is 0.346. The molecule has 1 aliphatic carbocycles. The molecule has 5 rings (SSSR count). The molecule has 13 heteroatoms. The first kappa shape index (κ1) is 27.0. The lowest BCUT2D eigenvalue weighted by atomic mass is 9.76. The lowest BCUT2D eigenvalue weighted by Gasteiger charge is -2.40. The number of anilines is 1. The van der Waals surface area contributed by atoms with E-state index in [1.54, 1.807) is 28.7 Å². The van der Waals surface area contributed by atoms with E-state index in [0.29, 0.717) is 43.8 Å². The Hall–Kier alpha value is -3.56. The van der Waals surface area contributed by atoms with Crippen LogP contribution in [-0.4, -0.2) is 67.3 Å². The number of nitrogen functional groups attached to an aromatic ring is 1. The number of hydrogen-bond donors (Lipinski definition) is 4. The van der Waals surface area contributed by atoms with Crippen LogP contribution in [0.4, 0.5) is 10.6 Å². The van der Waals surface area contributed by atoms with E-state index in [1.807, 2.05) is 36.5 Å². The number of nitrogens with one attached hydrogen (secondary N) is 2. The van der Waals surface area contributed by atoms with Crippen molar-refractivity contribution >= 4 is 46.0 Å². The van der Waals surface area contributed by atoms with Gasteiger partial charge in [-0.15, -0.1) is 0 Å².